The van der Waals surface area contributed by atoms with Crippen molar-refractivity contribution < 1.29 is 0 Å². The van der Waals surface area contributed by atoms with Crippen LogP contribution in [-0.4, -0.2) is 34.6 Å². The van der Waals surface area contributed by atoms with Gasteiger partial charge in [-0.2, -0.15) is 0 Å². The summed E-state index contributed by atoms with van der Waals surface area (Å²) in [5.41, 5.74) is 1.48. The number of hydrogen-bond donors (Lipinski definition) is 1. The van der Waals surface area contributed by atoms with Crippen molar-refractivity contribution in [1.29, 1.82) is 0 Å². The molecule has 1 aromatic rings. The maximum Gasteiger partial charge on any atom is 0.0897 e. The van der Waals surface area contributed by atoms with E-state index in [1.54, 1.807) is 11.3 Å². The van der Waals surface area contributed by atoms with E-state index in [1.165, 1.54) is 23.5 Å². The van der Waals surface area contributed by atoms with Gasteiger partial charge in [0.2, 0.25) is 0 Å². The summed E-state index contributed by atoms with van der Waals surface area (Å²) < 4.78 is 0. The fourth-order valence-electron chi connectivity index (χ4n) is 3.03. The lowest BCUT2D eigenvalue weighted by atomic mass is 9.88. The largest absolute Gasteiger partial charge is 0.309 e. The highest BCUT2D eigenvalue weighted by Crippen LogP contribution is 2.26. The van der Waals surface area contributed by atoms with E-state index >= 15 is 0 Å². The minimum Gasteiger partial charge on any atom is -0.309 e. The molecule has 1 fully saturated rings. The molecule has 3 unspecified atom stereocenters. The van der Waals surface area contributed by atoms with Gasteiger partial charge in [-0.05, 0) is 26.2 Å². The molecule has 0 radical (unpaired) electrons. The first kappa shape index (κ1) is 15.9. The number of nitrogens with zero attached hydrogens (tertiary/aromatic N) is 2. The van der Waals surface area contributed by atoms with E-state index in [9.17, 15) is 0 Å². The molecule has 0 aromatic carbocycles. The van der Waals surface area contributed by atoms with Gasteiger partial charge in [-0.25, -0.2) is 4.98 Å². The van der Waals surface area contributed by atoms with Crippen LogP contribution in [0.15, 0.2) is 5.38 Å². The number of thiazole rings is 1. The number of aromatic nitrogens is 1. The summed E-state index contributed by atoms with van der Waals surface area (Å²) in [5, 5.41) is 7.16. The average Bonchev–Trinajstić information content (AvgIpc) is 2.83. The number of rotatable bonds is 5. The second kappa shape index (κ2) is 6.54. The molecule has 0 spiro atoms. The van der Waals surface area contributed by atoms with Crippen LogP contribution < -0.4 is 5.32 Å². The minimum absolute atomic E-state index is 0.245. The Hall–Kier alpha value is -0.450. The van der Waals surface area contributed by atoms with Crippen molar-refractivity contribution in [3.8, 4) is 0 Å². The molecule has 1 aliphatic rings. The molecule has 3 nitrogen and oxygen atoms in total. The number of piperazine rings is 1. The zero-order valence-electron chi connectivity index (χ0n) is 13.6. The van der Waals surface area contributed by atoms with E-state index < -0.39 is 0 Å². The molecular weight excluding hydrogens is 266 g/mol. The lowest BCUT2D eigenvalue weighted by Gasteiger charge is -2.47. The van der Waals surface area contributed by atoms with Gasteiger partial charge in [-0.3, -0.25) is 4.90 Å². The summed E-state index contributed by atoms with van der Waals surface area (Å²) in [7, 11) is 0. The van der Waals surface area contributed by atoms with E-state index in [-0.39, 0.29) is 5.54 Å². The Labute approximate surface area is 127 Å². The van der Waals surface area contributed by atoms with Crippen LogP contribution >= 0.6 is 11.3 Å². The van der Waals surface area contributed by atoms with E-state index in [2.05, 4.69) is 55.2 Å². The second-order valence-corrected chi connectivity index (χ2v) is 7.57. The van der Waals surface area contributed by atoms with Crippen molar-refractivity contribution in [2.24, 2.45) is 5.92 Å². The van der Waals surface area contributed by atoms with Crippen LogP contribution in [-0.2, 0) is 6.54 Å². The van der Waals surface area contributed by atoms with Crippen LogP contribution in [0.2, 0.25) is 0 Å². The normalized spacial score (nSPS) is 29.6. The Balaban J connectivity index is 2.13. The number of hydrogen-bond acceptors (Lipinski definition) is 4. The molecule has 0 bridgehead atoms. The Bertz CT molecular complexity index is 431. The first-order chi connectivity index (χ1) is 9.47. The van der Waals surface area contributed by atoms with Crippen LogP contribution in [0, 0.1) is 12.8 Å². The predicted molar refractivity (Wildman–Crippen MR) is 87.2 cm³/mol. The van der Waals surface area contributed by atoms with Gasteiger partial charge in [0.15, 0.2) is 0 Å². The molecule has 1 aromatic heterocycles. The highest BCUT2D eigenvalue weighted by molar-refractivity contribution is 7.09. The van der Waals surface area contributed by atoms with Gasteiger partial charge in [0.05, 0.1) is 10.7 Å². The van der Waals surface area contributed by atoms with Gasteiger partial charge >= 0.3 is 0 Å². The van der Waals surface area contributed by atoms with E-state index in [4.69, 9.17) is 0 Å². The highest BCUT2D eigenvalue weighted by Gasteiger charge is 2.36. The molecule has 1 saturated heterocycles. The molecule has 1 N–H and O–H groups in total. The summed E-state index contributed by atoms with van der Waals surface area (Å²) in [6.45, 7) is 14.6. The standard InChI is InChI=1S/C16H29N3S/c1-6-12(3)15-8-17-16(5,7-2)11-19(15)9-14-10-20-13(4)18-14/h10,12,15,17H,6-9,11H2,1-5H3. The molecule has 3 atom stereocenters. The monoisotopic (exact) mass is 295 g/mol. The number of nitrogens with one attached hydrogen (secondary N) is 1. The van der Waals surface area contributed by atoms with Crippen molar-refractivity contribution in [2.75, 3.05) is 13.1 Å². The van der Waals surface area contributed by atoms with E-state index in [1.807, 2.05) is 0 Å². The highest BCUT2D eigenvalue weighted by atomic mass is 32.1. The second-order valence-electron chi connectivity index (χ2n) is 6.51. The van der Waals surface area contributed by atoms with Crippen molar-refractivity contribution in [2.45, 2.75) is 65.6 Å². The fourth-order valence-corrected chi connectivity index (χ4v) is 3.64. The quantitative estimate of drug-likeness (QED) is 0.902. The van der Waals surface area contributed by atoms with Crippen LogP contribution in [0.25, 0.3) is 0 Å². The Morgan fingerprint density at radius 3 is 2.85 bits per heavy atom. The smallest absolute Gasteiger partial charge is 0.0897 e. The van der Waals surface area contributed by atoms with E-state index in [0.29, 0.717) is 6.04 Å². The van der Waals surface area contributed by atoms with Crippen LogP contribution in [0.5, 0.6) is 0 Å². The minimum atomic E-state index is 0.245. The van der Waals surface area contributed by atoms with Gasteiger partial charge in [0, 0.05) is 36.6 Å². The number of aryl methyl sites for hydroxylation is 1. The summed E-state index contributed by atoms with van der Waals surface area (Å²) in [6.07, 6.45) is 2.41. The van der Waals surface area contributed by atoms with Gasteiger partial charge in [0.1, 0.15) is 0 Å². The molecule has 0 aliphatic carbocycles. The third-order valence-electron chi connectivity index (χ3n) is 4.87. The van der Waals surface area contributed by atoms with Gasteiger partial charge in [-0.15, -0.1) is 11.3 Å². The molecule has 0 amide bonds. The summed E-state index contributed by atoms with van der Waals surface area (Å²) >= 11 is 1.76. The topological polar surface area (TPSA) is 28.2 Å². The lowest BCUT2D eigenvalue weighted by molar-refractivity contribution is 0.0479. The zero-order chi connectivity index (χ0) is 14.8. The lowest BCUT2D eigenvalue weighted by Crippen LogP contribution is -2.63. The Kier molecular flexibility index (Phi) is 5.21. The predicted octanol–water partition coefficient (Wildman–Crippen LogP) is 3.44. The summed E-state index contributed by atoms with van der Waals surface area (Å²) in [6, 6.07) is 0.627. The van der Waals surface area contributed by atoms with Crippen LogP contribution in [0.4, 0.5) is 0 Å². The maximum atomic E-state index is 4.65. The molecule has 0 saturated carbocycles. The maximum absolute atomic E-state index is 4.65. The Morgan fingerprint density at radius 2 is 2.30 bits per heavy atom. The molecule has 2 heterocycles. The molecule has 2 rings (SSSR count). The van der Waals surface area contributed by atoms with Crippen molar-refractivity contribution >= 4 is 11.3 Å². The molecule has 114 valence electrons. The zero-order valence-corrected chi connectivity index (χ0v) is 14.4. The summed E-state index contributed by atoms with van der Waals surface area (Å²) in [4.78, 5) is 7.31. The third kappa shape index (κ3) is 3.60. The molecule has 20 heavy (non-hydrogen) atoms. The van der Waals surface area contributed by atoms with Crippen LogP contribution in [0.3, 0.4) is 0 Å². The Morgan fingerprint density at radius 1 is 1.55 bits per heavy atom. The van der Waals surface area contributed by atoms with Crippen molar-refractivity contribution in [3.05, 3.63) is 16.1 Å². The van der Waals surface area contributed by atoms with Gasteiger partial charge < -0.3 is 5.32 Å². The molecular formula is C16H29N3S. The average molecular weight is 295 g/mol. The van der Waals surface area contributed by atoms with Gasteiger partial charge in [0.25, 0.3) is 0 Å². The van der Waals surface area contributed by atoms with Gasteiger partial charge in [-0.1, -0.05) is 27.2 Å². The first-order valence-corrected chi connectivity index (χ1v) is 8.75. The molecule has 1 aliphatic heterocycles. The fraction of sp³-hybridized carbons (Fsp3) is 0.812. The first-order valence-electron chi connectivity index (χ1n) is 7.87. The third-order valence-corrected chi connectivity index (χ3v) is 5.69. The van der Waals surface area contributed by atoms with Crippen molar-refractivity contribution in [1.82, 2.24) is 15.2 Å². The summed E-state index contributed by atoms with van der Waals surface area (Å²) in [5.74, 6) is 0.726. The molecule has 4 heteroatoms. The van der Waals surface area contributed by atoms with E-state index in [0.717, 1.165) is 25.6 Å². The van der Waals surface area contributed by atoms with Crippen LogP contribution in [0.1, 0.15) is 51.2 Å². The SMILES string of the molecule is CCC(C)C1CNC(C)(CC)CN1Cc1csc(C)n1. The van der Waals surface area contributed by atoms with Crippen molar-refractivity contribution in [3.63, 3.8) is 0 Å².